The smallest absolute Gasteiger partial charge is 0.204 e. The van der Waals surface area contributed by atoms with E-state index >= 15 is 0 Å². The second kappa shape index (κ2) is 15.3. The Morgan fingerprint density at radius 2 is 1.85 bits per heavy atom. The number of aromatic hydroxyl groups is 1. The summed E-state index contributed by atoms with van der Waals surface area (Å²) in [6, 6.07) is 11.7. The highest BCUT2D eigenvalue weighted by Crippen LogP contribution is 2.26. The molecule has 1 aliphatic heterocycles. The molecule has 1 aromatic carbocycles. The number of anilines is 2. The van der Waals surface area contributed by atoms with Gasteiger partial charge >= 0.3 is 0 Å². The second-order valence-electron chi connectivity index (χ2n) is 9.86. The predicted octanol–water partition coefficient (Wildman–Crippen LogP) is 4.20. The molecule has 3 aromatic heterocycles. The lowest BCUT2D eigenvalue weighted by Gasteiger charge is -2.26. The van der Waals surface area contributed by atoms with E-state index < -0.39 is 0 Å². The second-order valence-corrected chi connectivity index (χ2v) is 9.86. The molecule has 1 saturated heterocycles. The van der Waals surface area contributed by atoms with Crippen LogP contribution in [0.5, 0.6) is 5.75 Å². The van der Waals surface area contributed by atoms with E-state index in [-0.39, 0.29) is 12.4 Å². The van der Waals surface area contributed by atoms with E-state index in [9.17, 15) is 10.2 Å². The number of rotatable bonds is 12. The summed E-state index contributed by atoms with van der Waals surface area (Å²) in [6.07, 6.45) is 5.10. The fourth-order valence-electron chi connectivity index (χ4n) is 4.89. The highest BCUT2D eigenvalue weighted by Gasteiger charge is 2.15. The van der Waals surface area contributed by atoms with Crippen molar-refractivity contribution in [3.63, 3.8) is 0 Å². The molecule has 4 heterocycles. The summed E-state index contributed by atoms with van der Waals surface area (Å²) in [5.41, 5.74) is 6.34. The largest absolute Gasteiger partial charge is 0.506 e. The van der Waals surface area contributed by atoms with Gasteiger partial charge in [0.05, 0.1) is 42.7 Å². The minimum Gasteiger partial charge on any atom is -0.506 e. The molecule has 0 aliphatic carbocycles. The zero-order valence-corrected chi connectivity index (χ0v) is 24.4. The van der Waals surface area contributed by atoms with E-state index in [1.165, 1.54) is 0 Å². The van der Waals surface area contributed by atoms with E-state index in [0.29, 0.717) is 25.2 Å². The molecule has 0 bridgehead atoms. The van der Waals surface area contributed by atoms with E-state index in [4.69, 9.17) is 9.72 Å². The average molecular weight is 562 g/mol. The number of benzene rings is 1. The number of pyridine rings is 2. The van der Waals surface area contributed by atoms with Gasteiger partial charge in [-0.15, -0.1) is 0 Å². The third-order valence-corrected chi connectivity index (χ3v) is 7.02. The first-order valence-corrected chi connectivity index (χ1v) is 14.6. The Hall–Kier alpha value is -3.73. The Labute approximate surface area is 242 Å². The number of morpholine rings is 1. The van der Waals surface area contributed by atoms with Gasteiger partial charge in [-0.1, -0.05) is 19.9 Å². The minimum atomic E-state index is 0.0892. The molecule has 220 valence electrons. The van der Waals surface area contributed by atoms with Gasteiger partial charge in [0.1, 0.15) is 11.4 Å². The lowest BCUT2D eigenvalue weighted by molar-refractivity contribution is 0.0378. The van der Waals surface area contributed by atoms with Gasteiger partial charge < -0.3 is 30.2 Å². The van der Waals surface area contributed by atoms with Crippen molar-refractivity contribution >= 4 is 22.7 Å². The molecule has 5 rings (SSSR count). The maximum atomic E-state index is 10.5. The van der Waals surface area contributed by atoms with Crippen LogP contribution in [0.4, 0.5) is 11.6 Å². The quantitative estimate of drug-likeness (QED) is 0.189. The van der Waals surface area contributed by atoms with Crippen LogP contribution in [0.15, 0.2) is 48.8 Å². The normalized spacial score (nSPS) is 13.6. The molecule has 0 saturated carbocycles. The monoisotopic (exact) mass is 561 g/mol. The van der Waals surface area contributed by atoms with E-state index in [1.54, 1.807) is 18.5 Å². The molecule has 0 spiro atoms. The summed E-state index contributed by atoms with van der Waals surface area (Å²) >= 11 is 0. The van der Waals surface area contributed by atoms with Crippen LogP contribution in [0.3, 0.4) is 0 Å². The predicted molar refractivity (Wildman–Crippen MR) is 164 cm³/mol. The lowest BCUT2D eigenvalue weighted by Crippen LogP contribution is -2.37. The van der Waals surface area contributed by atoms with Crippen molar-refractivity contribution in [3.05, 3.63) is 71.3 Å². The number of aliphatic hydroxyl groups excluding tert-OH is 1. The Balaban J connectivity index is 0.00000189. The summed E-state index contributed by atoms with van der Waals surface area (Å²) in [5.74, 6) is 0.934. The van der Waals surface area contributed by atoms with E-state index in [2.05, 4.69) is 42.2 Å². The molecule has 1 fully saturated rings. The number of ether oxygens (including phenoxy) is 1. The molecular weight excluding hydrogens is 518 g/mol. The van der Waals surface area contributed by atoms with Gasteiger partial charge in [0, 0.05) is 44.7 Å². The van der Waals surface area contributed by atoms with Gasteiger partial charge in [0.15, 0.2) is 0 Å². The molecule has 4 N–H and O–H groups in total. The third kappa shape index (κ3) is 8.16. The maximum absolute atomic E-state index is 10.5. The Morgan fingerprint density at radius 3 is 2.66 bits per heavy atom. The number of aryl methyl sites for hydroxylation is 1. The average Bonchev–Trinajstić information content (AvgIpc) is 3.34. The number of fused-ring (bicyclic) bond motifs is 1. The van der Waals surface area contributed by atoms with Gasteiger partial charge in [-0.3, -0.25) is 14.9 Å². The molecule has 4 aromatic rings. The molecule has 1 aliphatic rings. The van der Waals surface area contributed by atoms with E-state index in [0.717, 1.165) is 85.3 Å². The number of nitrogens with zero attached hydrogens (tertiary/aromatic N) is 5. The highest BCUT2D eigenvalue weighted by molar-refractivity contribution is 5.80. The maximum Gasteiger partial charge on any atom is 0.204 e. The van der Waals surface area contributed by atoms with Gasteiger partial charge in [0.25, 0.3) is 0 Å². The summed E-state index contributed by atoms with van der Waals surface area (Å²) < 4.78 is 7.55. The molecular formula is C31H43N7O3. The number of aromatic nitrogens is 4. The number of hydrogen-bond acceptors (Lipinski definition) is 9. The SMILES string of the molecule is CC.Cc1ccc(O)c(Cn2c(NCCCN3CCOCC3)nc3ccc(CNc4cnccc4CCO)cc32)n1. The van der Waals surface area contributed by atoms with Crippen molar-refractivity contribution in [3.8, 4) is 5.75 Å². The number of aliphatic hydroxyl groups is 1. The Kier molecular flexibility index (Phi) is 11.3. The van der Waals surface area contributed by atoms with Gasteiger partial charge in [-0.05, 0) is 67.8 Å². The number of hydrogen-bond donors (Lipinski definition) is 4. The van der Waals surface area contributed by atoms with Crippen molar-refractivity contribution < 1.29 is 14.9 Å². The lowest BCUT2D eigenvalue weighted by atomic mass is 10.1. The van der Waals surface area contributed by atoms with Crippen LogP contribution >= 0.6 is 0 Å². The van der Waals surface area contributed by atoms with Crippen LogP contribution in [0, 0.1) is 6.92 Å². The van der Waals surface area contributed by atoms with Gasteiger partial charge in [-0.25, -0.2) is 4.98 Å². The van der Waals surface area contributed by atoms with Gasteiger partial charge in [-0.2, -0.15) is 0 Å². The summed E-state index contributed by atoms with van der Waals surface area (Å²) in [5, 5.41) is 26.9. The highest BCUT2D eigenvalue weighted by atomic mass is 16.5. The van der Waals surface area contributed by atoms with Crippen LogP contribution in [-0.2, 0) is 24.2 Å². The zero-order valence-electron chi connectivity index (χ0n) is 24.4. The standard InChI is InChI=1S/C29H37N7O3.C2H6/c1-21-3-6-28(38)26(33-21)20-36-27-17-22(18-32-25-19-30-10-7-23(25)8-14-37)4-5-24(27)34-29(36)31-9-2-11-35-12-15-39-16-13-35;1-2/h3-7,10,17,19,32,37-38H,2,8-9,11-16,18,20H2,1H3,(H,31,34);1-2H3. The number of imidazole rings is 1. The van der Waals surface area contributed by atoms with E-state index in [1.807, 2.05) is 39.0 Å². The topological polar surface area (TPSA) is 121 Å². The van der Waals surface area contributed by atoms with Crippen LogP contribution in [0.2, 0.25) is 0 Å². The van der Waals surface area contributed by atoms with Crippen LogP contribution in [0.1, 0.15) is 42.8 Å². The Bertz CT molecular complexity index is 1390. The van der Waals surface area contributed by atoms with Crippen LogP contribution in [0.25, 0.3) is 11.0 Å². The summed E-state index contributed by atoms with van der Waals surface area (Å²) in [4.78, 5) is 16.1. The first kappa shape index (κ1) is 30.2. The molecule has 41 heavy (non-hydrogen) atoms. The molecule has 10 heteroatoms. The minimum absolute atomic E-state index is 0.0892. The Morgan fingerprint density at radius 1 is 1.02 bits per heavy atom. The van der Waals surface area contributed by atoms with Crippen molar-refractivity contribution in [2.75, 3.05) is 56.6 Å². The fraction of sp³-hybridized carbons (Fsp3) is 0.452. The van der Waals surface area contributed by atoms with Gasteiger partial charge in [0.2, 0.25) is 5.95 Å². The zero-order chi connectivity index (χ0) is 29.0. The molecule has 0 amide bonds. The van der Waals surface area contributed by atoms with Crippen molar-refractivity contribution in [2.45, 2.75) is 46.7 Å². The fourth-order valence-corrected chi connectivity index (χ4v) is 4.89. The third-order valence-electron chi connectivity index (χ3n) is 7.02. The van der Waals surface area contributed by atoms with Crippen LogP contribution in [-0.4, -0.2) is 80.6 Å². The molecule has 0 unspecified atom stereocenters. The molecule has 0 radical (unpaired) electrons. The first-order chi connectivity index (χ1) is 20.1. The van der Waals surface area contributed by atoms with Crippen LogP contribution < -0.4 is 10.6 Å². The van der Waals surface area contributed by atoms with Crippen molar-refractivity contribution in [2.24, 2.45) is 0 Å². The molecule has 10 nitrogen and oxygen atoms in total. The summed E-state index contributed by atoms with van der Waals surface area (Å²) in [6.45, 7) is 12.4. The molecule has 0 atom stereocenters. The number of nitrogens with one attached hydrogen (secondary N) is 2. The van der Waals surface area contributed by atoms with Crippen molar-refractivity contribution in [1.82, 2.24) is 24.4 Å². The summed E-state index contributed by atoms with van der Waals surface area (Å²) in [7, 11) is 0. The first-order valence-electron chi connectivity index (χ1n) is 14.6. The van der Waals surface area contributed by atoms with Crippen molar-refractivity contribution in [1.29, 1.82) is 0 Å².